The standard InChI is InChI=1S/C10H15ClF2N4/c1-16(2)10-14-5-3-9(15-10)17(6-4-11)7-8(12)13/h3,5,8H,4,6-7H2,1-2H3. The van der Waals surface area contributed by atoms with Crippen LogP contribution >= 0.6 is 11.6 Å². The monoisotopic (exact) mass is 264 g/mol. The van der Waals surface area contributed by atoms with Crippen LogP contribution in [-0.4, -0.2) is 49.5 Å². The molecule has 1 rings (SSSR count). The summed E-state index contributed by atoms with van der Waals surface area (Å²) in [4.78, 5) is 11.4. The molecule has 0 saturated carbocycles. The second-order valence-corrected chi connectivity index (χ2v) is 4.01. The fraction of sp³-hybridized carbons (Fsp3) is 0.600. The Labute approximate surface area is 104 Å². The molecule has 0 aliphatic carbocycles. The van der Waals surface area contributed by atoms with Gasteiger partial charge in [0, 0.05) is 32.7 Å². The Kier molecular flexibility index (Phi) is 5.34. The van der Waals surface area contributed by atoms with Crippen LogP contribution in [0.15, 0.2) is 12.3 Å². The maximum absolute atomic E-state index is 12.4. The lowest BCUT2D eigenvalue weighted by Crippen LogP contribution is -2.31. The fourth-order valence-corrected chi connectivity index (χ4v) is 1.50. The van der Waals surface area contributed by atoms with Gasteiger partial charge in [-0.25, -0.2) is 13.8 Å². The highest BCUT2D eigenvalue weighted by Gasteiger charge is 2.14. The van der Waals surface area contributed by atoms with E-state index >= 15 is 0 Å². The van der Waals surface area contributed by atoms with Crippen molar-refractivity contribution in [1.82, 2.24) is 9.97 Å². The van der Waals surface area contributed by atoms with Crippen LogP contribution in [0, 0.1) is 0 Å². The van der Waals surface area contributed by atoms with Crippen molar-refractivity contribution in [3.8, 4) is 0 Å². The summed E-state index contributed by atoms with van der Waals surface area (Å²) >= 11 is 5.59. The lowest BCUT2D eigenvalue weighted by Gasteiger charge is -2.23. The number of aromatic nitrogens is 2. The Balaban J connectivity index is 2.88. The van der Waals surface area contributed by atoms with Gasteiger partial charge in [0.15, 0.2) is 0 Å². The lowest BCUT2D eigenvalue weighted by atomic mass is 10.4. The number of halogens is 3. The van der Waals surface area contributed by atoms with Gasteiger partial charge in [-0.2, -0.15) is 4.98 Å². The zero-order chi connectivity index (χ0) is 12.8. The van der Waals surface area contributed by atoms with Crippen molar-refractivity contribution in [2.45, 2.75) is 6.43 Å². The zero-order valence-electron chi connectivity index (χ0n) is 9.78. The van der Waals surface area contributed by atoms with Gasteiger partial charge in [0.25, 0.3) is 6.43 Å². The first-order valence-electron chi connectivity index (χ1n) is 5.14. The van der Waals surface area contributed by atoms with E-state index in [9.17, 15) is 8.78 Å². The van der Waals surface area contributed by atoms with Crippen molar-refractivity contribution in [2.24, 2.45) is 0 Å². The van der Waals surface area contributed by atoms with E-state index < -0.39 is 6.43 Å². The fourth-order valence-electron chi connectivity index (χ4n) is 1.30. The van der Waals surface area contributed by atoms with Crippen molar-refractivity contribution in [3.05, 3.63) is 12.3 Å². The predicted molar refractivity (Wildman–Crippen MR) is 65.3 cm³/mol. The molecule has 0 amide bonds. The molecule has 1 heterocycles. The highest BCUT2D eigenvalue weighted by Crippen LogP contribution is 2.15. The number of nitrogens with zero attached hydrogens (tertiary/aromatic N) is 4. The molecule has 1 aromatic heterocycles. The number of hydrogen-bond donors (Lipinski definition) is 0. The van der Waals surface area contributed by atoms with E-state index in [0.717, 1.165) is 0 Å². The quantitative estimate of drug-likeness (QED) is 0.734. The zero-order valence-corrected chi connectivity index (χ0v) is 10.5. The molecule has 4 nitrogen and oxygen atoms in total. The van der Waals surface area contributed by atoms with Crippen LogP contribution in [0.2, 0.25) is 0 Å². The Morgan fingerprint density at radius 3 is 2.65 bits per heavy atom. The summed E-state index contributed by atoms with van der Waals surface area (Å²) in [6.07, 6.45) is -0.874. The summed E-state index contributed by atoms with van der Waals surface area (Å²) in [6, 6.07) is 1.60. The van der Waals surface area contributed by atoms with E-state index in [4.69, 9.17) is 11.6 Å². The summed E-state index contributed by atoms with van der Waals surface area (Å²) < 4.78 is 24.8. The maximum atomic E-state index is 12.4. The second-order valence-electron chi connectivity index (χ2n) is 3.64. The van der Waals surface area contributed by atoms with Gasteiger partial charge in [-0.05, 0) is 6.07 Å². The molecule has 0 N–H and O–H groups in total. The van der Waals surface area contributed by atoms with Crippen LogP contribution in [0.25, 0.3) is 0 Å². The van der Waals surface area contributed by atoms with Gasteiger partial charge < -0.3 is 9.80 Å². The minimum absolute atomic E-state index is 0.272. The number of hydrogen-bond acceptors (Lipinski definition) is 4. The van der Waals surface area contributed by atoms with Gasteiger partial charge in [-0.1, -0.05) is 0 Å². The molecule has 0 aliphatic rings. The first-order valence-corrected chi connectivity index (χ1v) is 5.67. The second kappa shape index (κ2) is 6.54. The van der Waals surface area contributed by atoms with E-state index in [1.54, 1.807) is 31.3 Å². The largest absolute Gasteiger partial charge is 0.350 e. The molecule has 17 heavy (non-hydrogen) atoms. The van der Waals surface area contributed by atoms with Crippen LogP contribution in [-0.2, 0) is 0 Å². The van der Waals surface area contributed by atoms with Gasteiger partial charge in [0.1, 0.15) is 5.82 Å². The Morgan fingerprint density at radius 2 is 2.12 bits per heavy atom. The topological polar surface area (TPSA) is 32.3 Å². The van der Waals surface area contributed by atoms with Gasteiger partial charge in [-0.3, -0.25) is 0 Å². The van der Waals surface area contributed by atoms with Crippen LogP contribution in [0.4, 0.5) is 20.5 Å². The Morgan fingerprint density at radius 1 is 1.41 bits per heavy atom. The number of alkyl halides is 3. The van der Waals surface area contributed by atoms with Crippen LogP contribution < -0.4 is 9.80 Å². The summed E-state index contributed by atoms with van der Waals surface area (Å²) in [5, 5.41) is 0. The molecular weight excluding hydrogens is 250 g/mol. The third-order valence-electron chi connectivity index (χ3n) is 2.06. The van der Waals surface area contributed by atoms with Crippen molar-refractivity contribution in [2.75, 3.05) is 42.9 Å². The number of rotatable bonds is 6. The van der Waals surface area contributed by atoms with Crippen LogP contribution in [0.1, 0.15) is 0 Å². The summed E-state index contributed by atoms with van der Waals surface area (Å²) in [6.45, 7) is -0.0492. The van der Waals surface area contributed by atoms with Gasteiger partial charge in [-0.15, -0.1) is 11.6 Å². The molecule has 0 spiro atoms. The molecule has 0 aliphatic heterocycles. The van der Waals surface area contributed by atoms with Gasteiger partial charge in [0.05, 0.1) is 6.54 Å². The summed E-state index contributed by atoms with van der Waals surface area (Å²) in [7, 11) is 3.58. The first-order chi connectivity index (χ1) is 8.04. The molecule has 0 aromatic carbocycles. The highest BCUT2D eigenvalue weighted by molar-refractivity contribution is 6.18. The molecule has 0 saturated heterocycles. The number of anilines is 2. The average Bonchev–Trinajstić information content (AvgIpc) is 2.28. The normalized spacial score (nSPS) is 10.7. The van der Waals surface area contributed by atoms with Crippen molar-refractivity contribution >= 4 is 23.4 Å². The molecule has 0 fully saturated rings. The molecule has 0 unspecified atom stereocenters. The maximum Gasteiger partial charge on any atom is 0.255 e. The smallest absolute Gasteiger partial charge is 0.255 e. The minimum Gasteiger partial charge on any atom is -0.350 e. The van der Waals surface area contributed by atoms with E-state index in [1.165, 1.54) is 4.90 Å². The van der Waals surface area contributed by atoms with E-state index in [1.807, 2.05) is 0 Å². The molecule has 7 heteroatoms. The average molecular weight is 265 g/mol. The Hall–Kier alpha value is -1.17. The third-order valence-corrected chi connectivity index (χ3v) is 2.23. The molecule has 96 valence electrons. The minimum atomic E-state index is -2.42. The third kappa shape index (κ3) is 4.30. The predicted octanol–water partition coefficient (Wildman–Crippen LogP) is 1.85. The lowest BCUT2D eigenvalue weighted by molar-refractivity contribution is 0.155. The molecule has 0 bridgehead atoms. The van der Waals surface area contributed by atoms with Gasteiger partial charge in [0.2, 0.25) is 5.95 Å². The van der Waals surface area contributed by atoms with E-state index in [2.05, 4.69) is 9.97 Å². The molecule has 0 radical (unpaired) electrons. The van der Waals surface area contributed by atoms with Crippen LogP contribution in [0.3, 0.4) is 0 Å². The van der Waals surface area contributed by atoms with E-state index in [-0.39, 0.29) is 12.4 Å². The van der Waals surface area contributed by atoms with E-state index in [0.29, 0.717) is 18.3 Å². The molecular formula is C10H15ClF2N4. The summed E-state index contributed by atoms with van der Waals surface area (Å²) in [5.41, 5.74) is 0. The van der Waals surface area contributed by atoms with Crippen molar-refractivity contribution in [1.29, 1.82) is 0 Å². The highest BCUT2D eigenvalue weighted by atomic mass is 35.5. The first kappa shape index (κ1) is 13.9. The van der Waals surface area contributed by atoms with Crippen molar-refractivity contribution in [3.63, 3.8) is 0 Å². The molecule has 1 aromatic rings. The SMILES string of the molecule is CN(C)c1nccc(N(CCCl)CC(F)F)n1. The molecule has 0 atom stereocenters. The Bertz CT molecular complexity index is 349. The van der Waals surface area contributed by atoms with Crippen molar-refractivity contribution < 1.29 is 8.78 Å². The summed E-state index contributed by atoms with van der Waals surface area (Å²) in [5.74, 6) is 1.22. The van der Waals surface area contributed by atoms with Crippen LogP contribution in [0.5, 0.6) is 0 Å². The van der Waals surface area contributed by atoms with Gasteiger partial charge >= 0.3 is 0 Å².